The van der Waals surface area contributed by atoms with Crippen LogP contribution in [0.15, 0.2) is 400 Å². The predicted octanol–water partition coefficient (Wildman–Crippen LogP) is 35.6. The van der Waals surface area contributed by atoms with Gasteiger partial charge in [-0.3, -0.25) is 0 Å². The van der Waals surface area contributed by atoms with Gasteiger partial charge < -0.3 is 0 Å². The molecule has 26 rings (SSSR count). The average molecular weight is 1690 g/mol. The molecular weight excluding hydrogens is 1600 g/mol. The number of thiophene rings is 3. The van der Waals surface area contributed by atoms with Crippen molar-refractivity contribution in [2.45, 2.75) is 34.6 Å². The maximum atomic E-state index is 5.64. The van der Waals surface area contributed by atoms with E-state index in [1.165, 1.54) is 219 Å². The van der Waals surface area contributed by atoms with Crippen LogP contribution >= 0.6 is 34.0 Å². The monoisotopic (exact) mass is 1680 g/mol. The van der Waals surface area contributed by atoms with Gasteiger partial charge in [0.05, 0.1) is 33.6 Å². The molecule has 0 atom stereocenters. The van der Waals surface area contributed by atoms with Crippen LogP contribution in [-0.2, 0) is 0 Å². The Morgan fingerprint density at radius 2 is 0.477 bits per heavy atom. The van der Waals surface area contributed by atoms with E-state index in [4.69, 9.17) is 15.0 Å². The van der Waals surface area contributed by atoms with Gasteiger partial charge >= 0.3 is 0 Å². The number of aryl methyl sites for hydroxylation is 5. The molecule has 6 heterocycles. The zero-order valence-electron chi connectivity index (χ0n) is 71.2. The Bertz CT molecular complexity index is 9080. The van der Waals surface area contributed by atoms with E-state index < -0.39 is 0 Å². The lowest BCUT2D eigenvalue weighted by molar-refractivity contribution is 1.31. The summed E-state index contributed by atoms with van der Waals surface area (Å²) in [6.07, 6.45) is 0. The third-order valence-electron chi connectivity index (χ3n) is 26.1. The van der Waals surface area contributed by atoms with Gasteiger partial charge in [0.1, 0.15) is 0 Å². The molecule has 0 saturated carbocycles. The maximum Gasteiger partial charge on any atom is 0.0794 e. The van der Waals surface area contributed by atoms with E-state index in [1.807, 2.05) is 34.0 Å². The molecule has 0 fully saturated rings. The third-order valence-corrected chi connectivity index (χ3v) is 29.8. The topological polar surface area (TPSA) is 38.7 Å². The molecule has 0 aliphatic rings. The fraction of sp³-hybridized carbons (Fsp3) is 0.0410. The smallest absolute Gasteiger partial charge is 0.0794 e. The van der Waals surface area contributed by atoms with Crippen LogP contribution < -0.4 is 0 Å². The number of hydrogen-bond acceptors (Lipinski definition) is 6. The highest BCUT2D eigenvalue weighted by molar-refractivity contribution is 7.27. The van der Waals surface area contributed by atoms with Crippen molar-refractivity contribution in [1.29, 1.82) is 0 Å². The van der Waals surface area contributed by atoms with Gasteiger partial charge in [0.2, 0.25) is 0 Å². The first kappa shape index (κ1) is 76.5. The molecule has 0 spiro atoms. The van der Waals surface area contributed by atoms with Crippen molar-refractivity contribution < 1.29 is 0 Å². The molecule has 0 saturated heterocycles. The van der Waals surface area contributed by atoms with Crippen molar-refractivity contribution in [1.82, 2.24) is 15.0 Å². The van der Waals surface area contributed by atoms with Crippen LogP contribution in [0.3, 0.4) is 0 Å². The Kier molecular flexibility index (Phi) is 18.7. The zero-order valence-corrected chi connectivity index (χ0v) is 73.6. The van der Waals surface area contributed by atoms with Crippen LogP contribution in [0, 0.1) is 34.6 Å². The first-order chi connectivity index (χ1) is 63.0. The van der Waals surface area contributed by atoms with Crippen LogP contribution in [0.2, 0.25) is 0 Å². The van der Waals surface area contributed by atoms with Crippen LogP contribution in [0.5, 0.6) is 0 Å². The number of rotatable bonds is 8. The van der Waals surface area contributed by atoms with Crippen LogP contribution in [-0.4, -0.2) is 15.0 Å². The fourth-order valence-corrected chi connectivity index (χ4v) is 24.1. The van der Waals surface area contributed by atoms with Gasteiger partial charge in [-0.2, -0.15) is 0 Å². The molecule has 0 aliphatic carbocycles. The molecule has 0 unspecified atom stereocenters. The minimum atomic E-state index is 1.00. The summed E-state index contributed by atoms with van der Waals surface area (Å²) < 4.78 is 7.97. The van der Waals surface area contributed by atoms with Crippen molar-refractivity contribution in [3.05, 3.63) is 428 Å². The SMILES string of the molecule is Cc1cc(C)c(-c2cc3c4ccccc4c4ccccc4c3nc2-c2cccc(-c3cccc4c3sc3ccccc34)c2)c(C)c1.Cc1ccc2c(c1)c1cc(C)ccc1c1nc(-c3cccc(-c4cccc5c4sc4ccccc45)c3)ccc21.c1ccc(-c2cc3c4ccccc4c4ccccc4c3nc2-c2cccc(-c3cccc4c3sc3ccccc34)c2)cc1. The lowest BCUT2D eigenvalue weighted by atomic mass is 9.88. The molecule has 0 radical (unpaired) electrons. The zero-order chi connectivity index (χ0) is 85.4. The maximum absolute atomic E-state index is 5.64. The van der Waals surface area contributed by atoms with Gasteiger partial charge in [-0.25, -0.2) is 15.0 Å². The van der Waals surface area contributed by atoms with E-state index in [0.29, 0.717) is 0 Å². The first-order valence-electron chi connectivity index (χ1n) is 43.9. The van der Waals surface area contributed by atoms with Crippen LogP contribution in [0.1, 0.15) is 27.8 Å². The van der Waals surface area contributed by atoms with Gasteiger partial charge in [0, 0.05) is 121 Å². The Labute approximate surface area is 753 Å². The summed E-state index contributed by atoms with van der Waals surface area (Å²) in [4.78, 5) is 16.5. The van der Waals surface area contributed by atoms with Crippen LogP contribution in [0.4, 0.5) is 0 Å². The molecular formula is C122H81N3S3. The highest BCUT2D eigenvalue weighted by Gasteiger charge is 2.24. The molecule has 0 amide bonds. The molecule has 602 valence electrons. The van der Waals surface area contributed by atoms with Gasteiger partial charge in [-0.1, -0.05) is 356 Å². The van der Waals surface area contributed by atoms with E-state index in [1.54, 1.807) is 0 Å². The minimum Gasteiger partial charge on any atom is -0.247 e. The third kappa shape index (κ3) is 13.0. The van der Waals surface area contributed by atoms with Crippen molar-refractivity contribution in [3.8, 4) is 89.4 Å². The van der Waals surface area contributed by atoms with E-state index in [2.05, 4.69) is 435 Å². The summed E-state index contributed by atoms with van der Waals surface area (Å²) in [6, 6.07) is 146. The van der Waals surface area contributed by atoms with Crippen LogP contribution in [0.25, 0.3) is 247 Å². The van der Waals surface area contributed by atoms with Gasteiger partial charge in [-0.15, -0.1) is 34.0 Å². The number of benzene rings is 20. The van der Waals surface area contributed by atoms with E-state index in [0.717, 1.165) is 55.9 Å². The molecule has 6 aromatic heterocycles. The Morgan fingerprint density at radius 1 is 0.172 bits per heavy atom. The summed E-state index contributed by atoms with van der Waals surface area (Å²) in [5, 5.41) is 26.4. The molecule has 26 aromatic rings. The number of aromatic nitrogens is 3. The van der Waals surface area contributed by atoms with Crippen molar-refractivity contribution in [3.63, 3.8) is 0 Å². The number of nitrogens with zero attached hydrogens (tertiary/aromatic N) is 3. The molecule has 0 bridgehead atoms. The number of pyridine rings is 3. The standard InChI is InChI=1S/C44H31NS.C41H25NS.C37H25NS/c1-26-22-27(2)41(28(3)23-26)39-25-38-34-16-5-4-14-32(34)33-15-6-7-18-36(33)43(38)45-42(39)30-13-10-12-29(24-30)31-19-11-20-37-35-17-8-9-21-40(35)46-44(31)37;1-2-12-26(13-3-1)36-25-37-32-18-5-4-16-30(32)31-17-6-7-20-34(31)40(37)42-39(36)28-15-10-14-27(24-28)29-21-11-22-35-33-19-8-9-23-38(33)43-41(29)35;1-22-13-15-27-29-17-18-34(38-36(29)30-16-14-23(2)20-33(30)32(27)19-22)25-8-5-7-24(21-25)26-10-6-11-31-28-9-3-4-12-35(28)39-37(26)31/h4-25H,1-3H3;1-25H;3-21H,1-2H3. The molecule has 6 heteroatoms. The predicted molar refractivity (Wildman–Crippen MR) is 556 cm³/mol. The summed E-state index contributed by atoms with van der Waals surface area (Å²) in [6.45, 7) is 11.0. The minimum absolute atomic E-state index is 1.00. The Hall–Kier alpha value is -15.2. The summed E-state index contributed by atoms with van der Waals surface area (Å²) in [7, 11) is 0. The second-order valence-electron chi connectivity index (χ2n) is 34.2. The largest absolute Gasteiger partial charge is 0.247 e. The first-order valence-corrected chi connectivity index (χ1v) is 46.4. The van der Waals surface area contributed by atoms with Gasteiger partial charge in [-0.05, 0) is 199 Å². The van der Waals surface area contributed by atoms with Gasteiger partial charge in [0.25, 0.3) is 0 Å². The van der Waals surface area contributed by atoms with Gasteiger partial charge in [0.15, 0.2) is 0 Å². The Morgan fingerprint density at radius 3 is 0.945 bits per heavy atom. The second kappa shape index (κ2) is 31.2. The molecule has 20 aromatic carbocycles. The van der Waals surface area contributed by atoms with E-state index in [9.17, 15) is 0 Å². The lowest BCUT2D eigenvalue weighted by Crippen LogP contribution is -1.97. The molecule has 3 nitrogen and oxygen atoms in total. The fourth-order valence-electron chi connectivity index (χ4n) is 20.4. The molecule has 0 N–H and O–H groups in total. The normalized spacial score (nSPS) is 11.8. The van der Waals surface area contributed by atoms with Crippen molar-refractivity contribution in [2.75, 3.05) is 0 Å². The Balaban J connectivity index is 0.000000107. The highest BCUT2D eigenvalue weighted by atomic mass is 32.1. The summed E-state index contributed by atoms with van der Waals surface area (Å²) >= 11 is 5.63. The molecule has 0 aliphatic heterocycles. The van der Waals surface area contributed by atoms with E-state index in [-0.39, 0.29) is 0 Å². The summed E-state index contributed by atoms with van der Waals surface area (Å²) in [5.41, 5.74) is 28.2. The summed E-state index contributed by atoms with van der Waals surface area (Å²) in [5.74, 6) is 0. The number of hydrogen-bond donors (Lipinski definition) is 0. The average Bonchev–Trinajstić information content (AvgIpc) is 1.24. The van der Waals surface area contributed by atoms with Crippen molar-refractivity contribution in [2.24, 2.45) is 0 Å². The molecule has 128 heavy (non-hydrogen) atoms. The lowest BCUT2D eigenvalue weighted by Gasteiger charge is -2.19. The highest BCUT2D eigenvalue weighted by Crippen LogP contribution is 2.50. The second-order valence-corrected chi connectivity index (χ2v) is 37.3. The van der Waals surface area contributed by atoms with Crippen molar-refractivity contribution >= 4 is 192 Å². The van der Waals surface area contributed by atoms with E-state index >= 15 is 0 Å². The number of fused-ring (bicyclic) bond motifs is 27. The quantitative estimate of drug-likeness (QED) is 0.142.